The molecule has 23 heavy (non-hydrogen) atoms. The third-order valence-corrected chi connectivity index (χ3v) is 4.78. The summed E-state index contributed by atoms with van der Waals surface area (Å²) in [6, 6.07) is 9.59. The van der Waals surface area contributed by atoms with Crippen LogP contribution in [0.25, 0.3) is 0 Å². The number of hydrogen-bond donors (Lipinski definition) is 0. The number of amides is 2. The lowest BCUT2D eigenvalue weighted by molar-refractivity contribution is -0.138. The summed E-state index contributed by atoms with van der Waals surface area (Å²) in [5.74, 6) is 0.363. The van der Waals surface area contributed by atoms with E-state index in [1.165, 1.54) is 0 Å². The van der Waals surface area contributed by atoms with Crippen molar-refractivity contribution in [2.24, 2.45) is 11.8 Å². The van der Waals surface area contributed by atoms with E-state index in [-0.39, 0.29) is 17.7 Å². The first-order valence-electron chi connectivity index (χ1n) is 8.32. The highest BCUT2D eigenvalue weighted by Gasteiger charge is 2.38. The van der Waals surface area contributed by atoms with Crippen LogP contribution in [0.5, 0.6) is 0 Å². The second-order valence-corrected chi connectivity index (χ2v) is 6.49. The molecule has 0 N–H and O–H groups in total. The first-order valence-corrected chi connectivity index (χ1v) is 8.32. The van der Waals surface area contributed by atoms with Crippen molar-refractivity contribution in [1.82, 2.24) is 4.90 Å². The molecule has 2 unspecified atom stereocenters. The van der Waals surface area contributed by atoms with Crippen LogP contribution < -0.4 is 4.90 Å². The number of anilines is 1. The van der Waals surface area contributed by atoms with Gasteiger partial charge >= 0.3 is 0 Å². The minimum absolute atomic E-state index is 0.0417. The molecule has 0 aromatic heterocycles. The van der Waals surface area contributed by atoms with Crippen molar-refractivity contribution in [3.8, 4) is 0 Å². The zero-order chi connectivity index (χ0) is 16.2. The predicted octanol–water partition coefficient (Wildman–Crippen LogP) is 1.92. The Labute approximate surface area is 137 Å². The molecule has 0 aliphatic carbocycles. The van der Waals surface area contributed by atoms with Crippen molar-refractivity contribution < 1.29 is 14.3 Å². The molecule has 5 nitrogen and oxygen atoms in total. The maximum absolute atomic E-state index is 12.8. The van der Waals surface area contributed by atoms with Gasteiger partial charge < -0.3 is 14.5 Å². The third-order valence-electron chi connectivity index (χ3n) is 4.78. The second kappa shape index (κ2) is 7.13. The van der Waals surface area contributed by atoms with Gasteiger partial charge in [-0.1, -0.05) is 18.2 Å². The van der Waals surface area contributed by atoms with Crippen molar-refractivity contribution in [2.75, 3.05) is 38.3 Å². The number of carbonyl (C=O) groups is 2. The van der Waals surface area contributed by atoms with Gasteiger partial charge in [0.05, 0.1) is 12.5 Å². The zero-order valence-electron chi connectivity index (χ0n) is 13.6. The topological polar surface area (TPSA) is 49.9 Å². The number of likely N-dealkylation sites (tertiary alicyclic amines) is 1. The largest absolute Gasteiger partial charge is 0.384 e. The summed E-state index contributed by atoms with van der Waals surface area (Å²) in [4.78, 5) is 28.7. The molecular weight excluding hydrogens is 292 g/mol. The molecule has 2 fully saturated rings. The molecule has 1 aromatic rings. The van der Waals surface area contributed by atoms with Crippen molar-refractivity contribution in [3.05, 3.63) is 30.3 Å². The van der Waals surface area contributed by atoms with Crippen molar-refractivity contribution in [2.45, 2.75) is 19.3 Å². The Kier molecular flexibility index (Phi) is 4.96. The lowest BCUT2D eigenvalue weighted by Crippen LogP contribution is -2.44. The Hall–Kier alpha value is -1.88. The quantitative estimate of drug-likeness (QED) is 0.853. The average molecular weight is 316 g/mol. The molecule has 0 spiro atoms. The Morgan fingerprint density at radius 3 is 2.78 bits per heavy atom. The Morgan fingerprint density at radius 1 is 1.26 bits per heavy atom. The summed E-state index contributed by atoms with van der Waals surface area (Å²) in [6.45, 7) is 2.74. The van der Waals surface area contributed by atoms with E-state index in [4.69, 9.17) is 4.74 Å². The van der Waals surface area contributed by atoms with Crippen LogP contribution in [0.15, 0.2) is 30.3 Å². The van der Waals surface area contributed by atoms with Gasteiger partial charge in [-0.25, -0.2) is 0 Å². The maximum atomic E-state index is 12.8. The molecule has 0 saturated carbocycles. The van der Waals surface area contributed by atoms with Gasteiger partial charge in [0.1, 0.15) is 0 Å². The van der Waals surface area contributed by atoms with Crippen LogP contribution in [-0.2, 0) is 14.3 Å². The highest BCUT2D eigenvalue weighted by Crippen LogP contribution is 2.27. The van der Waals surface area contributed by atoms with Gasteiger partial charge in [0.25, 0.3) is 0 Å². The number of ether oxygens (including phenoxy) is 1. The average Bonchev–Trinajstić information content (AvgIpc) is 2.97. The van der Waals surface area contributed by atoms with E-state index in [1.807, 2.05) is 35.2 Å². The Balaban J connectivity index is 1.63. The fraction of sp³-hybridized carbons (Fsp3) is 0.556. The number of carbonyl (C=O) groups excluding carboxylic acids is 2. The molecule has 3 rings (SSSR count). The number of piperidine rings is 1. The first kappa shape index (κ1) is 16.0. The van der Waals surface area contributed by atoms with Crippen LogP contribution in [-0.4, -0.2) is 50.1 Å². The molecule has 2 saturated heterocycles. The summed E-state index contributed by atoms with van der Waals surface area (Å²) in [5, 5.41) is 0. The summed E-state index contributed by atoms with van der Waals surface area (Å²) in [6.07, 6.45) is 2.44. The van der Waals surface area contributed by atoms with Crippen LogP contribution >= 0.6 is 0 Å². The summed E-state index contributed by atoms with van der Waals surface area (Å²) in [7, 11) is 1.70. The number of para-hydroxylation sites is 1. The SMILES string of the molecule is COCC1CCCN(C(=O)C2CC(=O)N(c3ccccc3)C2)C1. The van der Waals surface area contributed by atoms with Crippen LogP contribution in [0.1, 0.15) is 19.3 Å². The van der Waals surface area contributed by atoms with E-state index >= 15 is 0 Å². The molecule has 1 aromatic carbocycles. The smallest absolute Gasteiger partial charge is 0.228 e. The minimum atomic E-state index is -0.219. The molecule has 2 aliphatic rings. The Morgan fingerprint density at radius 2 is 2.04 bits per heavy atom. The number of nitrogens with zero attached hydrogens (tertiary/aromatic N) is 2. The number of methoxy groups -OCH3 is 1. The van der Waals surface area contributed by atoms with E-state index in [2.05, 4.69) is 0 Å². The molecule has 2 aliphatic heterocycles. The second-order valence-electron chi connectivity index (χ2n) is 6.49. The van der Waals surface area contributed by atoms with Gasteiger partial charge in [0, 0.05) is 38.9 Å². The van der Waals surface area contributed by atoms with Crippen molar-refractivity contribution in [3.63, 3.8) is 0 Å². The molecule has 2 heterocycles. The predicted molar refractivity (Wildman–Crippen MR) is 88.1 cm³/mol. The summed E-state index contributed by atoms with van der Waals surface area (Å²) >= 11 is 0. The molecular formula is C18H24N2O3. The fourth-order valence-electron chi connectivity index (χ4n) is 3.63. The van der Waals surface area contributed by atoms with Crippen LogP contribution in [0.4, 0.5) is 5.69 Å². The Bertz CT molecular complexity index is 559. The normalized spacial score (nSPS) is 25.0. The van der Waals surface area contributed by atoms with Crippen LogP contribution in [0.3, 0.4) is 0 Å². The first-order chi connectivity index (χ1) is 11.2. The summed E-state index contributed by atoms with van der Waals surface area (Å²) < 4.78 is 5.23. The van der Waals surface area contributed by atoms with Crippen molar-refractivity contribution >= 4 is 17.5 Å². The maximum Gasteiger partial charge on any atom is 0.228 e. The highest BCUT2D eigenvalue weighted by molar-refractivity contribution is 6.00. The summed E-state index contributed by atoms with van der Waals surface area (Å²) in [5.41, 5.74) is 0.878. The standard InChI is InChI=1S/C18H24N2O3/c1-23-13-14-6-5-9-19(11-14)18(22)15-10-17(21)20(12-15)16-7-3-2-4-8-16/h2-4,7-8,14-15H,5-6,9-13H2,1H3. The van der Waals surface area contributed by atoms with Gasteiger partial charge in [-0.15, -0.1) is 0 Å². The zero-order valence-corrected chi connectivity index (χ0v) is 13.6. The molecule has 0 radical (unpaired) electrons. The molecule has 2 atom stereocenters. The van der Waals surface area contributed by atoms with E-state index < -0.39 is 0 Å². The lowest BCUT2D eigenvalue weighted by atomic mass is 9.97. The van der Waals surface area contributed by atoms with Crippen LogP contribution in [0, 0.1) is 11.8 Å². The van der Waals surface area contributed by atoms with Gasteiger partial charge in [-0.05, 0) is 30.9 Å². The van der Waals surface area contributed by atoms with Gasteiger partial charge in [0.15, 0.2) is 0 Å². The van der Waals surface area contributed by atoms with E-state index in [9.17, 15) is 9.59 Å². The molecule has 124 valence electrons. The minimum Gasteiger partial charge on any atom is -0.384 e. The number of benzene rings is 1. The number of hydrogen-bond acceptors (Lipinski definition) is 3. The third kappa shape index (κ3) is 3.55. The highest BCUT2D eigenvalue weighted by atomic mass is 16.5. The lowest BCUT2D eigenvalue weighted by Gasteiger charge is -2.34. The van der Waals surface area contributed by atoms with E-state index in [0.717, 1.165) is 31.6 Å². The van der Waals surface area contributed by atoms with Gasteiger partial charge in [0.2, 0.25) is 11.8 Å². The van der Waals surface area contributed by atoms with E-state index in [0.29, 0.717) is 25.5 Å². The van der Waals surface area contributed by atoms with E-state index in [1.54, 1.807) is 12.0 Å². The fourth-order valence-corrected chi connectivity index (χ4v) is 3.63. The van der Waals surface area contributed by atoms with Gasteiger partial charge in [-0.3, -0.25) is 9.59 Å². The van der Waals surface area contributed by atoms with Crippen LogP contribution in [0.2, 0.25) is 0 Å². The molecule has 0 bridgehead atoms. The molecule has 5 heteroatoms. The molecule has 2 amide bonds. The van der Waals surface area contributed by atoms with Crippen molar-refractivity contribution in [1.29, 1.82) is 0 Å². The number of rotatable bonds is 4. The monoisotopic (exact) mass is 316 g/mol. The van der Waals surface area contributed by atoms with Gasteiger partial charge in [-0.2, -0.15) is 0 Å².